The zero-order valence-corrected chi connectivity index (χ0v) is 9.35. The number of nitro benzene ring substituents is 1. The molecule has 0 N–H and O–H groups in total. The SMILES string of the molecule is O=[N+]([O-])c1ccccc1COc1ccc[n+]([O-])c1. The van der Waals surface area contributed by atoms with Crippen molar-refractivity contribution in [2.75, 3.05) is 0 Å². The largest absolute Gasteiger partial charge is 0.619 e. The normalized spacial score (nSPS) is 10.0. The molecule has 0 saturated carbocycles. The number of hydrogen-bond donors (Lipinski definition) is 0. The maximum atomic E-state index is 11.0. The number of benzene rings is 1. The minimum atomic E-state index is -0.461. The van der Waals surface area contributed by atoms with Crippen molar-refractivity contribution < 1.29 is 14.4 Å². The molecular weight excluding hydrogens is 236 g/mol. The Kier molecular flexibility index (Phi) is 3.38. The van der Waals surface area contributed by atoms with E-state index >= 15 is 0 Å². The van der Waals surface area contributed by atoms with Crippen LogP contribution in [0.25, 0.3) is 0 Å². The summed E-state index contributed by atoms with van der Waals surface area (Å²) in [7, 11) is 0. The lowest BCUT2D eigenvalue weighted by Crippen LogP contribution is -2.24. The van der Waals surface area contributed by atoms with Gasteiger partial charge in [0.15, 0.2) is 11.9 Å². The Morgan fingerprint density at radius 3 is 2.72 bits per heavy atom. The lowest BCUT2D eigenvalue weighted by molar-refractivity contribution is -0.605. The highest BCUT2D eigenvalue weighted by Gasteiger charge is 2.12. The van der Waals surface area contributed by atoms with Gasteiger partial charge in [0.25, 0.3) is 5.69 Å². The van der Waals surface area contributed by atoms with Gasteiger partial charge in [0.1, 0.15) is 6.61 Å². The lowest BCUT2D eigenvalue weighted by Gasteiger charge is -2.06. The summed E-state index contributed by atoms with van der Waals surface area (Å²) in [6, 6.07) is 9.48. The monoisotopic (exact) mass is 246 g/mol. The topological polar surface area (TPSA) is 79.3 Å². The van der Waals surface area contributed by atoms with Crippen molar-refractivity contribution in [2.45, 2.75) is 6.61 Å². The van der Waals surface area contributed by atoms with Crippen molar-refractivity contribution in [1.29, 1.82) is 0 Å². The van der Waals surface area contributed by atoms with Gasteiger partial charge in [-0.1, -0.05) is 12.1 Å². The second-order valence-corrected chi connectivity index (χ2v) is 3.57. The molecule has 1 heterocycles. The number of nitro groups is 1. The van der Waals surface area contributed by atoms with Crippen LogP contribution in [0, 0.1) is 15.3 Å². The highest BCUT2D eigenvalue weighted by molar-refractivity contribution is 5.39. The van der Waals surface area contributed by atoms with Crippen LogP contribution in [0.4, 0.5) is 5.69 Å². The second-order valence-electron chi connectivity index (χ2n) is 3.57. The third-order valence-corrected chi connectivity index (χ3v) is 2.33. The van der Waals surface area contributed by atoms with Crippen molar-refractivity contribution in [3.63, 3.8) is 0 Å². The van der Waals surface area contributed by atoms with Crippen LogP contribution < -0.4 is 9.47 Å². The van der Waals surface area contributed by atoms with Gasteiger partial charge in [-0.15, -0.1) is 0 Å². The smallest absolute Gasteiger partial charge is 0.276 e. The molecule has 0 aliphatic carbocycles. The molecule has 0 unspecified atom stereocenters. The molecule has 92 valence electrons. The second kappa shape index (κ2) is 5.13. The molecule has 2 aromatic rings. The lowest BCUT2D eigenvalue weighted by atomic mass is 10.2. The number of ether oxygens (including phenoxy) is 1. The molecule has 1 aromatic heterocycles. The Morgan fingerprint density at radius 2 is 2.00 bits per heavy atom. The van der Waals surface area contributed by atoms with Gasteiger partial charge in [-0.25, -0.2) is 0 Å². The Morgan fingerprint density at radius 1 is 1.22 bits per heavy atom. The van der Waals surface area contributed by atoms with Gasteiger partial charge >= 0.3 is 0 Å². The molecule has 0 bridgehead atoms. The zero-order chi connectivity index (χ0) is 13.0. The number of aromatic nitrogens is 1. The molecule has 6 heteroatoms. The minimum absolute atomic E-state index is 0.00318. The Labute approximate surface area is 103 Å². The van der Waals surface area contributed by atoms with E-state index in [2.05, 4.69) is 0 Å². The third-order valence-electron chi connectivity index (χ3n) is 2.33. The first-order chi connectivity index (χ1) is 8.66. The number of pyridine rings is 1. The first-order valence-electron chi connectivity index (χ1n) is 5.21. The van der Waals surface area contributed by atoms with Crippen LogP contribution in [0.15, 0.2) is 48.8 Å². The Bertz CT molecular complexity index is 572. The van der Waals surface area contributed by atoms with Gasteiger partial charge in [-0.3, -0.25) is 10.1 Å². The van der Waals surface area contributed by atoms with E-state index < -0.39 is 4.92 Å². The maximum Gasteiger partial charge on any atom is 0.276 e. The fourth-order valence-corrected chi connectivity index (χ4v) is 1.49. The van der Waals surface area contributed by atoms with Crippen LogP contribution in [-0.4, -0.2) is 4.92 Å². The molecule has 2 rings (SSSR count). The van der Waals surface area contributed by atoms with Crippen LogP contribution >= 0.6 is 0 Å². The highest BCUT2D eigenvalue weighted by Crippen LogP contribution is 2.19. The van der Waals surface area contributed by atoms with E-state index in [0.29, 0.717) is 16.0 Å². The number of nitrogens with zero attached hydrogens (tertiary/aromatic N) is 2. The predicted molar refractivity (Wildman–Crippen MR) is 62.8 cm³/mol. The minimum Gasteiger partial charge on any atom is -0.619 e. The predicted octanol–water partition coefficient (Wildman–Crippen LogP) is 1.81. The fraction of sp³-hybridized carbons (Fsp3) is 0.0833. The van der Waals surface area contributed by atoms with E-state index in [4.69, 9.17) is 4.74 Å². The van der Waals surface area contributed by atoms with E-state index in [1.165, 1.54) is 18.5 Å². The summed E-state index contributed by atoms with van der Waals surface area (Å²) in [6.07, 6.45) is 2.59. The van der Waals surface area contributed by atoms with E-state index in [0.717, 1.165) is 0 Å². The van der Waals surface area contributed by atoms with Gasteiger partial charge in [0, 0.05) is 12.1 Å². The van der Waals surface area contributed by atoms with E-state index in [1.807, 2.05) is 0 Å². The molecule has 0 amide bonds. The number of hydrogen-bond acceptors (Lipinski definition) is 4. The summed E-state index contributed by atoms with van der Waals surface area (Å²) < 4.78 is 5.94. The van der Waals surface area contributed by atoms with Gasteiger partial charge in [0.05, 0.1) is 10.5 Å². The first-order valence-corrected chi connectivity index (χ1v) is 5.21. The van der Waals surface area contributed by atoms with E-state index in [-0.39, 0.29) is 12.3 Å². The van der Waals surface area contributed by atoms with Gasteiger partial charge < -0.3 is 9.94 Å². The first kappa shape index (κ1) is 11.8. The molecule has 0 fully saturated rings. The summed E-state index contributed by atoms with van der Waals surface area (Å²) in [6.45, 7) is 0.0428. The molecule has 0 aliphatic heterocycles. The average Bonchev–Trinajstić information content (AvgIpc) is 2.37. The van der Waals surface area contributed by atoms with E-state index in [9.17, 15) is 15.3 Å². The summed E-state index contributed by atoms with van der Waals surface area (Å²) in [5, 5.41) is 21.8. The number of rotatable bonds is 4. The highest BCUT2D eigenvalue weighted by atomic mass is 16.6. The average molecular weight is 246 g/mol. The summed E-state index contributed by atoms with van der Waals surface area (Å²) >= 11 is 0. The molecule has 0 radical (unpaired) electrons. The maximum absolute atomic E-state index is 11.0. The Balaban J connectivity index is 2.13. The van der Waals surface area contributed by atoms with Crippen LogP contribution in [0.5, 0.6) is 5.75 Å². The summed E-state index contributed by atoms with van der Waals surface area (Å²) in [5.41, 5.74) is 0.465. The van der Waals surface area contributed by atoms with Gasteiger partial charge in [-0.2, -0.15) is 4.73 Å². The molecule has 0 saturated heterocycles. The molecule has 6 nitrogen and oxygen atoms in total. The quantitative estimate of drug-likeness (QED) is 0.356. The van der Waals surface area contributed by atoms with Crippen LogP contribution in [0.1, 0.15) is 5.56 Å². The molecule has 18 heavy (non-hydrogen) atoms. The zero-order valence-electron chi connectivity index (χ0n) is 9.35. The fourth-order valence-electron chi connectivity index (χ4n) is 1.49. The van der Waals surface area contributed by atoms with Crippen molar-refractivity contribution in [2.24, 2.45) is 0 Å². The molecule has 0 aliphatic rings. The number of para-hydroxylation sites is 1. The van der Waals surface area contributed by atoms with Crippen LogP contribution in [0.2, 0.25) is 0 Å². The Hall–Kier alpha value is -2.63. The summed E-state index contributed by atoms with van der Waals surface area (Å²) in [4.78, 5) is 10.3. The van der Waals surface area contributed by atoms with Crippen molar-refractivity contribution >= 4 is 5.69 Å². The van der Waals surface area contributed by atoms with Crippen molar-refractivity contribution in [3.8, 4) is 5.75 Å². The molecule has 0 spiro atoms. The van der Waals surface area contributed by atoms with E-state index in [1.54, 1.807) is 30.3 Å². The van der Waals surface area contributed by atoms with Crippen molar-refractivity contribution in [3.05, 3.63) is 69.7 Å². The van der Waals surface area contributed by atoms with Crippen LogP contribution in [-0.2, 0) is 6.61 Å². The molecule has 0 atom stereocenters. The molecular formula is C12H10N2O4. The van der Waals surface area contributed by atoms with Crippen LogP contribution in [0.3, 0.4) is 0 Å². The van der Waals surface area contributed by atoms with Crippen molar-refractivity contribution in [1.82, 2.24) is 0 Å². The summed E-state index contributed by atoms with van der Waals surface area (Å²) in [5.74, 6) is 0.366. The standard InChI is InChI=1S/C12H10N2O4/c15-13-7-3-5-11(8-13)18-9-10-4-1-2-6-12(10)14(16)17/h1-8H,9H2. The molecule has 1 aromatic carbocycles. The third kappa shape index (κ3) is 2.73. The van der Waals surface area contributed by atoms with Gasteiger partial charge in [0.2, 0.25) is 6.20 Å². The van der Waals surface area contributed by atoms with Gasteiger partial charge in [-0.05, 0) is 12.1 Å².